The molecule has 0 unspecified atom stereocenters. The van der Waals surface area contributed by atoms with E-state index in [9.17, 15) is 0 Å². The number of unbranched alkanes of at least 4 members (excludes halogenated alkanes) is 6. The molecule has 0 amide bonds. The van der Waals surface area contributed by atoms with Crippen LogP contribution in [0.5, 0.6) is 0 Å². The zero-order chi connectivity index (χ0) is 13.8. The predicted octanol–water partition coefficient (Wildman–Crippen LogP) is 6.34. The summed E-state index contributed by atoms with van der Waals surface area (Å²) in [6, 6.07) is 11.1. The fraction of sp³-hybridized carbons (Fsp3) is 0.579. The molecule has 0 spiro atoms. The highest BCUT2D eigenvalue weighted by Crippen LogP contribution is 2.28. The van der Waals surface area contributed by atoms with Gasteiger partial charge in [-0.05, 0) is 24.3 Å². The Hall–Kier alpha value is -0.780. The van der Waals surface area contributed by atoms with Crippen LogP contribution >= 0.6 is 0 Å². The third kappa shape index (κ3) is 7.40. The van der Waals surface area contributed by atoms with Gasteiger partial charge in [-0.2, -0.15) is 0 Å². The normalized spacial score (nSPS) is 11.1. The molecule has 0 nitrogen and oxygen atoms in total. The van der Waals surface area contributed by atoms with Gasteiger partial charge in [0, 0.05) is 0 Å². The maximum absolute atomic E-state index is 3.92. The van der Waals surface area contributed by atoms with Gasteiger partial charge in [0.05, 0.1) is 0 Å². The summed E-state index contributed by atoms with van der Waals surface area (Å²) < 4.78 is 0. The fourth-order valence-electron chi connectivity index (χ4n) is 2.69. The van der Waals surface area contributed by atoms with Gasteiger partial charge < -0.3 is 0 Å². The third-order valence-electron chi connectivity index (χ3n) is 3.88. The molecule has 0 bridgehead atoms. The molecule has 0 N–H and O–H groups in total. The Kier molecular flexibility index (Phi) is 9.49. The first-order valence-electron chi connectivity index (χ1n) is 8.02. The Morgan fingerprint density at radius 3 is 1.68 bits per heavy atom. The van der Waals surface area contributed by atoms with Crippen LogP contribution in [0, 0.1) is 13.8 Å². The van der Waals surface area contributed by atoms with Gasteiger partial charge in [-0.3, -0.25) is 0 Å². The topological polar surface area (TPSA) is 0 Å². The van der Waals surface area contributed by atoms with E-state index in [1.807, 2.05) is 0 Å². The lowest BCUT2D eigenvalue weighted by molar-refractivity contribution is 0.500. The maximum Gasteiger partial charge on any atom is -0.0162 e. The van der Waals surface area contributed by atoms with E-state index < -0.39 is 0 Å². The van der Waals surface area contributed by atoms with Gasteiger partial charge >= 0.3 is 0 Å². The molecule has 1 aromatic rings. The van der Waals surface area contributed by atoms with Crippen molar-refractivity contribution in [1.82, 2.24) is 0 Å². The highest BCUT2D eigenvalue weighted by atomic mass is 14.2. The van der Waals surface area contributed by atoms with Crippen molar-refractivity contribution in [2.45, 2.75) is 70.1 Å². The minimum absolute atomic E-state index is 0.760. The summed E-state index contributed by atoms with van der Waals surface area (Å²) in [6.07, 6.45) is 12.8. The molecule has 0 aliphatic heterocycles. The van der Waals surface area contributed by atoms with Crippen molar-refractivity contribution in [3.05, 3.63) is 49.7 Å². The van der Waals surface area contributed by atoms with Crippen molar-refractivity contribution in [2.75, 3.05) is 0 Å². The van der Waals surface area contributed by atoms with Crippen LogP contribution in [-0.2, 0) is 0 Å². The number of rotatable bonds is 11. The Labute approximate surface area is 120 Å². The quantitative estimate of drug-likeness (QED) is 0.406. The lowest BCUT2D eigenvalue weighted by Gasteiger charge is -2.17. The molecular formula is C19H30. The van der Waals surface area contributed by atoms with Crippen LogP contribution in [0.25, 0.3) is 0 Å². The van der Waals surface area contributed by atoms with Crippen molar-refractivity contribution >= 4 is 0 Å². The maximum atomic E-state index is 3.92. The second-order valence-corrected chi connectivity index (χ2v) is 5.51. The van der Waals surface area contributed by atoms with E-state index >= 15 is 0 Å². The van der Waals surface area contributed by atoms with Gasteiger partial charge in [-0.25, -0.2) is 0 Å². The molecule has 2 radical (unpaired) electrons. The Bertz CT molecular complexity index is 276. The monoisotopic (exact) mass is 258 g/mol. The van der Waals surface area contributed by atoms with Crippen LogP contribution in [0.15, 0.2) is 30.3 Å². The molecule has 1 aromatic carbocycles. The summed E-state index contributed by atoms with van der Waals surface area (Å²) in [5.74, 6) is 0.760. The fourth-order valence-corrected chi connectivity index (χ4v) is 2.69. The zero-order valence-electron chi connectivity index (χ0n) is 12.4. The third-order valence-corrected chi connectivity index (χ3v) is 3.88. The molecule has 0 saturated carbocycles. The smallest absolute Gasteiger partial charge is 0.0162 e. The summed E-state index contributed by atoms with van der Waals surface area (Å²) in [5, 5.41) is 0. The van der Waals surface area contributed by atoms with E-state index in [0.717, 1.165) is 18.8 Å². The molecule has 19 heavy (non-hydrogen) atoms. The Balaban J connectivity index is 2.39. The molecule has 0 fully saturated rings. The van der Waals surface area contributed by atoms with E-state index in [0.29, 0.717) is 0 Å². The highest BCUT2D eigenvalue weighted by Gasteiger charge is 2.10. The van der Waals surface area contributed by atoms with Crippen LogP contribution in [0.2, 0.25) is 0 Å². The Morgan fingerprint density at radius 1 is 0.684 bits per heavy atom. The van der Waals surface area contributed by atoms with E-state index in [1.165, 1.54) is 56.9 Å². The van der Waals surface area contributed by atoms with Crippen LogP contribution < -0.4 is 0 Å². The molecule has 0 aliphatic rings. The van der Waals surface area contributed by atoms with E-state index in [1.54, 1.807) is 0 Å². The molecule has 1 rings (SSSR count). The van der Waals surface area contributed by atoms with Crippen molar-refractivity contribution < 1.29 is 0 Å². The second-order valence-electron chi connectivity index (χ2n) is 5.51. The lowest BCUT2D eigenvalue weighted by Crippen LogP contribution is -1.99. The molecule has 0 heteroatoms. The summed E-state index contributed by atoms with van der Waals surface area (Å²) in [7, 11) is 0. The summed E-state index contributed by atoms with van der Waals surface area (Å²) >= 11 is 0. The van der Waals surface area contributed by atoms with E-state index in [4.69, 9.17) is 0 Å². The van der Waals surface area contributed by atoms with Crippen LogP contribution in [0.3, 0.4) is 0 Å². The van der Waals surface area contributed by atoms with E-state index in [2.05, 4.69) is 44.2 Å². The molecular weight excluding hydrogens is 228 g/mol. The van der Waals surface area contributed by atoms with Gasteiger partial charge in [0.2, 0.25) is 0 Å². The molecule has 0 saturated heterocycles. The predicted molar refractivity (Wildman–Crippen MR) is 86.1 cm³/mol. The summed E-state index contributed by atoms with van der Waals surface area (Å²) in [4.78, 5) is 0. The minimum Gasteiger partial charge on any atom is -0.0622 e. The molecule has 0 heterocycles. The summed E-state index contributed by atoms with van der Waals surface area (Å²) in [6.45, 7) is 7.85. The van der Waals surface area contributed by atoms with Gasteiger partial charge in [-0.1, -0.05) is 95.5 Å². The first-order valence-corrected chi connectivity index (χ1v) is 8.02. The number of benzene rings is 1. The van der Waals surface area contributed by atoms with Gasteiger partial charge in [0.1, 0.15) is 0 Å². The average molecular weight is 258 g/mol. The number of hydrogen-bond donors (Lipinski definition) is 0. The van der Waals surface area contributed by atoms with Crippen molar-refractivity contribution in [2.24, 2.45) is 0 Å². The van der Waals surface area contributed by atoms with Gasteiger partial charge in [-0.15, -0.1) is 0 Å². The zero-order valence-corrected chi connectivity index (χ0v) is 12.4. The van der Waals surface area contributed by atoms with Crippen LogP contribution in [0.1, 0.15) is 75.7 Å². The van der Waals surface area contributed by atoms with Crippen molar-refractivity contribution in [3.8, 4) is 0 Å². The standard InChI is InChI=1S/C19H30/c1-3-5-7-10-14-18(15-11-8-6-4-2)19-16-12-9-13-17-19/h9,12-13,16-18H,1-8,10-11,14-15H2. The molecule has 0 aliphatic carbocycles. The molecule has 106 valence electrons. The lowest BCUT2D eigenvalue weighted by atomic mass is 9.88. The largest absolute Gasteiger partial charge is 0.0622 e. The first kappa shape index (κ1) is 16.3. The van der Waals surface area contributed by atoms with Crippen LogP contribution in [0.4, 0.5) is 0 Å². The highest BCUT2D eigenvalue weighted by molar-refractivity contribution is 5.19. The first-order chi connectivity index (χ1) is 9.38. The minimum atomic E-state index is 0.760. The summed E-state index contributed by atoms with van der Waals surface area (Å²) in [5.41, 5.74) is 1.53. The SMILES string of the molecule is [CH2]CCCCCC(CCCCC[CH2])c1ccccc1. The van der Waals surface area contributed by atoms with Crippen LogP contribution in [-0.4, -0.2) is 0 Å². The van der Waals surface area contributed by atoms with Crippen molar-refractivity contribution in [3.63, 3.8) is 0 Å². The molecule has 0 atom stereocenters. The van der Waals surface area contributed by atoms with Gasteiger partial charge in [0.15, 0.2) is 0 Å². The van der Waals surface area contributed by atoms with Gasteiger partial charge in [0.25, 0.3) is 0 Å². The Morgan fingerprint density at radius 2 is 1.21 bits per heavy atom. The second kappa shape index (κ2) is 11.1. The molecule has 0 aromatic heterocycles. The number of hydrogen-bond acceptors (Lipinski definition) is 0. The van der Waals surface area contributed by atoms with Crippen molar-refractivity contribution in [1.29, 1.82) is 0 Å². The van der Waals surface area contributed by atoms with E-state index in [-0.39, 0.29) is 0 Å². The average Bonchev–Trinajstić information content (AvgIpc) is 2.46.